The van der Waals surface area contributed by atoms with Crippen LogP contribution in [-0.4, -0.2) is 47.0 Å². The highest BCUT2D eigenvalue weighted by Gasteiger charge is 2.27. The van der Waals surface area contributed by atoms with Crippen LogP contribution >= 0.6 is 0 Å². The third kappa shape index (κ3) is 4.04. The standard InChI is InChI=1S/C23H25NO5S/c1-15-12-17-8-9-18(28-4)14-20(17)22(15)21(23(25)29-5)13-16-6-10-19(11-7-16)30(26,27)24(2)3/h6-11,13-14H,12H2,1-5H3. The van der Waals surface area contributed by atoms with Gasteiger partial charge in [0.2, 0.25) is 10.0 Å². The lowest BCUT2D eigenvalue weighted by Gasteiger charge is -2.13. The van der Waals surface area contributed by atoms with E-state index in [2.05, 4.69) is 0 Å². The van der Waals surface area contributed by atoms with Crippen molar-refractivity contribution in [2.75, 3.05) is 28.3 Å². The Balaban J connectivity index is 2.08. The van der Waals surface area contributed by atoms with Crippen LogP contribution in [0.2, 0.25) is 0 Å². The van der Waals surface area contributed by atoms with Crippen molar-refractivity contribution in [3.63, 3.8) is 0 Å². The second-order valence-electron chi connectivity index (χ2n) is 7.26. The molecule has 0 N–H and O–H groups in total. The number of methoxy groups -OCH3 is 2. The van der Waals surface area contributed by atoms with E-state index in [9.17, 15) is 13.2 Å². The Bertz CT molecular complexity index is 1140. The molecule has 0 radical (unpaired) electrons. The van der Waals surface area contributed by atoms with Crippen LogP contribution in [0.1, 0.15) is 23.6 Å². The number of allylic oxidation sites excluding steroid dienone is 1. The van der Waals surface area contributed by atoms with Gasteiger partial charge in [-0.25, -0.2) is 17.5 Å². The first-order valence-electron chi connectivity index (χ1n) is 9.39. The average Bonchev–Trinajstić information content (AvgIpc) is 3.06. The maximum atomic E-state index is 12.7. The summed E-state index contributed by atoms with van der Waals surface area (Å²) < 4.78 is 36.1. The van der Waals surface area contributed by atoms with Crippen molar-refractivity contribution in [3.05, 3.63) is 70.3 Å². The minimum atomic E-state index is -3.52. The van der Waals surface area contributed by atoms with Gasteiger partial charge in [-0.1, -0.05) is 23.8 Å². The first-order chi connectivity index (χ1) is 14.2. The van der Waals surface area contributed by atoms with Gasteiger partial charge >= 0.3 is 5.97 Å². The van der Waals surface area contributed by atoms with E-state index in [1.807, 2.05) is 25.1 Å². The minimum absolute atomic E-state index is 0.190. The predicted octanol–water partition coefficient (Wildman–Crippen LogP) is 3.53. The highest BCUT2D eigenvalue weighted by atomic mass is 32.2. The van der Waals surface area contributed by atoms with Crippen LogP contribution in [0.5, 0.6) is 5.75 Å². The third-order valence-corrected chi connectivity index (χ3v) is 6.94. The van der Waals surface area contributed by atoms with Gasteiger partial charge in [-0.05, 0) is 65.9 Å². The molecule has 3 rings (SSSR count). The molecule has 0 unspecified atom stereocenters. The van der Waals surface area contributed by atoms with Crippen LogP contribution in [-0.2, 0) is 26.0 Å². The van der Waals surface area contributed by atoms with Gasteiger partial charge in [0.15, 0.2) is 0 Å². The van der Waals surface area contributed by atoms with Crippen LogP contribution in [0.4, 0.5) is 0 Å². The molecule has 2 aromatic rings. The van der Waals surface area contributed by atoms with Gasteiger partial charge in [-0.15, -0.1) is 0 Å². The van der Waals surface area contributed by atoms with E-state index in [0.717, 1.165) is 33.0 Å². The summed E-state index contributed by atoms with van der Waals surface area (Å²) in [6.07, 6.45) is 2.47. The van der Waals surface area contributed by atoms with Crippen molar-refractivity contribution in [2.24, 2.45) is 0 Å². The van der Waals surface area contributed by atoms with Crippen molar-refractivity contribution < 1.29 is 22.7 Å². The number of rotatable bonds is 6. The van der Waals surface area contributed by atoms with Crippen LogP contribution in [0.15, 0.2) is 58.5 Å². The third-order valence-electron chi connectivity index (χ3n) is 5.11. The minimum Gasteiger partial charge on any atom is -0.497 e. The average molecular weight is 428 g/mol. The maximum absolute atomic E-state index is 12.7. The van der Waals surface area contributed by atoms with E-state index in [0.29, 0.717) is 16.9 Å². The maximum Gasteiger partial charge on any atom is 0.338 e. The van der Waals surface area contributed by atoms with E-state index in [-0.39, 0.29) is 4.90 Å². The van der Waals surface area contributed by atoms with E-state index >= 15 is 0 Å². The molecular formula is C23H25NO5S. The number of carbonyl (C=O) groups is 1. The molecule has 30 heavy (non-hydrogen) atoms. The molecule has 2 aromatic carbocycles. The van der Waals surface area contributed by atoms with Gasteiger partial charge in [0.1, 0.15) is 5.75 Å². The fraction of sp³-hybridized carbons (Fsp3) is 0.261. The SMILES string of the molecule is COC(=O)C(=Cc1ccc(S(=O)(=O)N(C)C)cc1)C1=C(C)Cc2ccc(OC)cc21. The van der Waals surface area contributed by atoms with Crippen LogP contribution in [0, 0.1) is 0 Å². The summed E-state index contributed by atoms with van der Waals surface area (Å²) in [6, 6.07) is 12.2. The summed E-state index contributed by atoms with van der Waals surface area (Å²) in [4.78, 5) is 12.9. The molecule has 6 nitrogen and oxygen atoms in total. The van der Waals surface area contributed by atoms with Gasteiger partial charge in [-0.2, -0.15) is 0 Å². The molecule has 158 valence electrons. The molecular weight excluding hydrogens is 402 g/mol. The largest absolute Gasteiger partial charge is 0.497 e. The lowest BCUT2D eigenvalue weighted by molar-refractivity contribution is -0.135. The number of nitrogens with zero attached hydrogens (tertiary/aromatic N) is 1. The number of hydrogen-bond acceptors (Lipinski definition) is 5. The molecule has 0 aromatic heterocycles. The highest BCUT2D eigenvalue weighted by Crippen LogP contribution is 2.40. The van der Waals surface area contributed by atoms with Gasteiger partial charge in [-0.3, -0.25) is 0 Å². The predicted molar refractivity (Wildman–Crippen MR) is 117 cm³/mol. The smallest absolute Gasteiger partial charge is 0.338 e. The second kappa shape index (κ2) is 8.45. The molecule has 1 aliphatic carbocycles. The molecule has 7 heteroatoms. The Morgan fingerprint density at radius 1 is 1.07 bits per heavy atom. The summed E-state index contributed by atoms with van der Waals surface area (Å²) in [5.41, 5.74) is 5.05. The van der Waals surface area contributed by atoms with Gasteiger partial charge in [0.25, 0.3) is 0 Å². The molecule has 0 spiro atoms. The Morgan fingerprint density at radius 3 is 2.30 bits per heavy atom. The van der Waals surface area contributed by atoms with Gasteiger partial charge in [0, 0.05) is 14.1 Å². The number of fused-ring (bicyclic) bond motifs is 1. The molecule has 0 atom stereocenters. The second-order valence-corrected chi connectivity index (χ2v) is 9.41. The summed E-state index contributed by atoms with van der Waals surface area (Å²) in [7, 11) is 2.41. The summed E-state index contributed by atoms with van der Waals surface area (Å²) >= 11 is 0. The van der Waals surface area contributed by atoms with Gasteiger partial charge < -0.3 is 9.47 Å². The molecule has 0 saturated carbocycles. The first-order valence-corrected chi connectivity index (χ1v) is 10.8. The summed E-state index contributed by atoms with van der Waals surface area (Å²) in [5, 5.41) is 0. The highest BCUT2D eigenvalue weighted by molar-refractivity contribution is 7.89. The molecule has 0 heterocycles. The van der Waals surface area contributed by atoms with Crippen LogP contribution < -0.4 is 4.74 Å². The Labute approximate surface area is 177 Å². The number of esters is 1. The monoisotopic (exact) mass is 427 g/mol. The summed E-state index contributed by atoms with van der Waals surface area (Å²) in [6.45, 7) is 1.99. The first kappa shape index (κ1) is 21.8. The molecule has 0 aliphatic heterocycles. The van der Waals surface area contributed by atoms with E-state index in [1.165, 1.54) is 33.3 Å². The van der Waals surface area contributed by atoms with Crippen molar-refractivity contribution in [1.29, 1.82) is 0 Å². The molecule has 1 aliphatic rings. The van der Waals surface area contributed by atoms with E-state index < -0.39 is 16.0 Å². The molecule has 0 saturated heterocycles. The zero-order valence-electron chi connectivity index (χ0n) is 17.7. The van der Waals surface area contributed by atoms with Crippen molar-refractivity contribution in [3.8, 4) is 5.75 Å². The molecule has 0 bridgehead atoms. The van der Waals surface area contributed by atoms with E-state index in [4.69, 9.17) is 9.47 Å². The van der Waals surface area contributed by atoms with Gasteiger partial charge in [0.05, 0.1) is 24.7 Å². The zero-order valence-corrected chi connectivity index (χ0v) is 18.5. The normalized spacial score (nSPS) is 14.1. The lowest BCUT2D eigenvalue weighted by Crippen LogP contribution is -2.22. The number of sulfonamides is 1. The molecule has 0 amide bonds. The van der Waals surface area contributed by atoms with Crippen molar-refractivity contribution >= 4 is 27.6 Å². The Morgan fingerprint density at radius 2 is 1.73 bits per heavy atom. The number of ether oxygens (including phenoxy) is 2. The zero-order chi connectivity index (χ0) is 22.1. The van der Waals surface area contributed by atoms with Crippen LogP contribution in [0.25, 0.3) is 11.6 Å². The summed E-state index contributed by atoms with van der Waals surface area (Å²) in [5.74, 6) is 0.258. The number of hydrogen-bond donors (Lipinski definition) is 0. The Kier molecular flexibility index (Phi) is 6.14. The fourth-order valence-corrected chi connectivity index (χ4v) is 4.41. The fourth-order valence-electron chi connectivity index (χ4n) is 3.50. The van der Waals surface area contributed by atoms with Crippen molar-refractivity contribution in [2.45, 2.75) is 18.2 Å². The van der Waals surface area contributed by atoms with Crippen molar-refractivity contribution in [1.82, 2.24) is 4.31 Å². The van der Waals surface area contributed by atoms with E-state index in [1.54, 1.807) is 25.3 Å². The number of benzene rings is 2. The number of carbonyl (C=O) groups excluding carboxylic acids is 1. The quantitative estimate of drug-likeness (QED) is 0.521. The van der Waals surface area contributed by atoms with Crippen LogP contribution in [0.3, 0.4) is 0 Å². The lowest BCUT2D eigenvalue weighted by atomic mass is 9.95. The topological polar surface area (TPSA) is 72.9 Å². The molecule has 0 fully saturated rings. The Hall–Kier alpha value is -2.90.